The number of aryl methyl sites for hydroxylation is 1. The van der Waals surface area contributed by atoms with E-state index in [4.69, 9.17) is 4.74 Å². The Morgan fingerprint density at radius 2 is 1.60 bits per heavy atom. The third-order valence-electron chi connectivity index (χ3n) is 6.24. The second-order valence-electron chi connectivity index (χ2n) is 8.16. The number of rotatable bonds is 2. The highest BCUT2D eigenvalue weighted by molar-refractivity contribution is 8.01. The van der Waals surface area contributed by atoms with Crippen LogP contribution in [0.25, 0.3) is 0 Å². The van der Waals surface area contributed by atoms with Crippen molar-refractivity contribution in [2.24, 2.45) is 0 Å². The van der Waals surface area contributed by atoms with Crippen LogP contribution in [0.15, 0.2) is 78.9 Å². The van der Waals surface area contributed by atoms with Gasteiger partial charge in [0.25, 0.3) is 0 Å². The lowest BCUT2D eigenvalue weighted by Crippen LogP contribution is -2.44. The number of amides is 1. The molecule has 1 spiro atoms. The van der Waals surface area contributed by atoms with Gasteiger partial charge in [0.05, 0.1) is 5.25 Å². The van der Waals surface area contributed by atoms with E-state index < -0.39 is 0 Å². The minimum Gasteiger partial charge on any atom is -0.410 e. The molecule has 4 heteroatoms. The SMILES string of the molecule is Cc1ccc(C2SC3(CCN(C(=O)Oc4ccccc4)CC3)c3ccccc32)cc1. The predicted octanol–water partition coefficient (Wildman–Crippen LogP) is 6.32. The lowest BCUT2D eigenvalue weighted by Gasteiger charge is -2.39. The molecule has 0 radical (unpaired) electrons. The summed E-state index contributed by atoms with van der Waals surface area (Å²) in [4.78, 5) is 14.5. The predicted molar refractivity (Wildman–Crippen MR) is 122 cm³/mol. The minimum atomic E-state index is -0.248. The van der Waals surface area contributed by atoms with Gasteiger partial charge in [-0.15, -0.1) is 11.8 Å². The molecular formula is C26H25NO2S. The molecule has 3 nitrogen and oxygen atoms in total. The monoisotopic (exact) mass is 415 g/mol. The maximum atomic E-state index is 12.6. The Bertz CT molecular complexity index is 1040. The number of para-hydroxylation sites is 1. The van der Waals surface area contributed by atoms with Crippen LogP contribution in [-0.4, -0.2) is 24.1 Å². The number of nitrogens with zero attached hydrogens (tertiary/aromatic N) is 1. The largest absolute Gasteiger partial charge is 0.415 e. The van der Waals surface area contributed by atoms with Crippen molar-refractivity contribution in [2.75, 3.05) is 13.1 Å². The maximum absolute atomic E-state index is 12.6. The van der Waals surface area contributed by atoms with Gasteiger partial charge in [-0.2, -0.15) is 0 Å². The van der Waals surface area contributed by atoms with Crippen LogP contribution in [0.4, 0.5) is 4.79 Å². The summed E-state index contributed by atoms with van der Waals surface area (Å²) in [6.45, 7) is 3.56. The molecule has 0 bridgehead atoms. The Morgan fingerprint density at radius 3 is 2.33 bits per heavy atom. The van der Waals surface area contributed by atoms with E-state index in [1.54, 1.807) is 0 Å². The quantitative estimate of drug-likeness (QED) is 0.490. The van der Waals surface area contributed by atoms with Gasteiger partial charge < -0.3 is 9.64 Å². The fraction of sp³-hybridized carbons (Fsp3) is 0.269. The number of thioether (sulfide) groups is 1. The van der Waals surface area contributed by atoms with Crippen LogP contribution in [0.2, 0.25) is 0 Å². The van der Waals surface area contributed by atoms with Crippen LogP contribution < -0.4 is 4.74 Å². The highest BCUT2D eigenvalue weighted by Crippen LogP contribution is 2.61. The maximum Gasteiger partial charge on any atom is 0.415 e. The number of likely N-dealkylation sites (tertiary alicyclic amines) is 1. The number of carbonyl (C=O) groups excluding carboxylic acids is 1. The van der Waals surface area contributed by atoms with Crippen LogP contribution in [0.1, 0.15) is 40.3 Å². The Labute approximate surface area is 182 Å². The fourth-order valence-electron chi connectivity index (χ4n) is 4.57. The van der Waals surface area contributed by atoms with Gasteiger partial charge in [0.1, 0.15) is 5.75 Å². The molecule has 1 unspecified atom stereocenters. The molecule has 0 saturated carbocycles. The Morgan fingerprint density at radius 1 is 0.933 bits per heavy atom. The standard InChI is InChI=1S/C26H25NO2S/c1-19-11-13-20(14-12-19)24-22-9-5-6-10-23(22)26(30-24)15-17-27(18-16-26)25(28)29-21-7-3-2-4-8-21/h2-14,24H,15-18H2,1H3. The number of carbonyl (C=O) groups is 1. The molecular weight excluding hydrogens is 390 g/mol. The molecule has 0 aliphatic carbocycles. The first-order valence-corrected chi connectivity index (χ1v) is 11.4. The van der Waals surface area contributed by atoms with Crippen LogP contribution in [0.5, 0.6) is 5.75 Å². The van der Waals surface area contributed by atoms with Crippen molar-refractivity contribution < 1.29 is 9.53 Å². The van der Waals surface area contributed by atoms with E-state index >= 15 is 0 Å². The number of ether oxygens (including phenoxy) is 1. The Hall–Kier alpha value is -2.72. The molecule has 1 fully saturated rings. The Balaban J connectivity index is 1.34. The highest BCUT2D eigenvalue weighted by atomic mass is 32.2. The van der Waals surface area contributed by atoms with Crippen molar-refractivity contribution >= 4 is 17.9 Å². The molecule has 1 saturated heterocycles. The molecule has 30 heavy (non-hydrogen) atoms. The van der Waals surface area contributed by atoms with Crippen molar-refractivity contribution in [3.05, 3.63) is 101 Å². The van der Waals surface area contributed by atoms with E-state index in [0.29, 0.717) is 24.1 Å². The summed E-state index contributed by atoms with van der Waals surface area (Å²) in [6, 6.07) is 27.1. The van der Waals surface area contributed by atoms with Crippen molar-refractivity contribution in [1.82, 2.24) is 4.90 Å². The van der Waals surface area contributed by atoms with Crippen molar-refractivity contribution in [2.45, 2.75) is 29.8 Å². The van der Waals surface area contributed by atoms with Gasteiger partial charge in [0, 0.05) is 17.8 Å². The second-order valence-corrected chi connectivity index (χ2v) is 9.65. The van der Waals surface area contributed by atoms with E-state index in [9.17, 15) is 4.79 Å². The number of hydrogen-bond donors (Lipinski definition) is 0. The molecule has 1 atom stereocenters. The van der Waals surface area contributed by atoms with Crippen LogP contribution >= 0.6 is 11.8 Å². The zero-order valence-corrected chi connectivity index (χ0v) is 17.9. The van der Waals surface area contributed by atoms with Gasteiger partial charge in [-0.05, 0) is 48.6 Å². The summed E-state index contributed by atoms with van der Waals surface area (Å²) in [6.07, 6.45) is 1.64. The van der Waals surface area contributed by atoms with Gasteiger partial charge in [-0.3, -0.25) is 0 Å². The van der Waals surface area contributed by atoms with Crippen molar-refractivity contribution in [1.29, 1.82) is 0 Å². The van der Waals surface area contributed by atoms with E-state index in [-0.39, 0.29) is 10.8 Å². The third-order valence-corrected chi connectivity index (χ3v) is 8.08. The molecule has 3 aromatic rings. The number of fused-ring (bicyclic) bond motifs is 2. The summed E-state index contributed by atoms with van der Waals surface area (Å²) in [5.41, 5.74) is 5.51. The first-order chi connectivity index (χ1) is 14.6. The van der Waals surface area contributed by atoms with Gasteiger partial charge in [0.15, 0.2) is 0 Å². The zero-order chi connectivity index (χ0) is 20.6. The molecule has 2 aliphatic heterocycles. The van der Waals surface area contributed by atoms with Crippen molar-refractivity contribution in [3.8, 4) is 5.75 Å². The Kier molecular flexibility index (Phi) is 5.03. The smallest absolute Gasteiger partial charge is 0.410 e. The fourth-order valence-corrected chi connectivity index (χ4v) is 6.38. The number of benzene rings is 3. The van der Waals surface area contributed by atoms with Crippen LogP contribution in [0.3, 0.4) is 0 Å². The average Bonchev–Trinajstić information content (AvgIpc) is 3.10. The third kappa shape index (κ3) is 3.50. The van der Waals surface area contributed by atoms with Crippen LogP contribution in [-0.2, 0) is 4.75 Å². The van der Waals surface area contributed by atoms with Gasteiger partial charge >= 0.3 is 6.09 Å². The van der Waals surface area contributed by atoms with Crippen LogP contribution in [0, 0.1) is 6.92 Å². The molecule has 152 valence electrons. The molecule has 1 amide bonds. The summed E-state index contributed by atoms with van der Waals surface area (Å²) >= 11 is 2.06. The molecule has 0 N–H and O–H groups in total. The van der Waals surface area contributed by atoms with E-state index in [1.807, 2.05) is 35.2 Å². The molecule has 5 rings (SSSR count). The summed E-state index contributed by atoms with van der Waals surface area (Å²) in [7, 11) is 0. The summed E-state index contributed by atoms with van der Waals surface area (Å²) < 4.78 is 5.62. The van der Waals surface area contributed by atoms with E-state index in [0.717, 1.165) is 12.8 Å². The first-order valence-electron chi connectivity index (χ1n) is 10.5. The van der Waals surface area contributed by atoms with Gasteiger partial charge in [-0.25, -0.2) is 4.79 Å². The zero-order valence-electron chi connectivity index (χ0n) is 17.1. The normalized spacial score (nSPS) is 19.5. The van der Waals surface area contributed by atoms with Crippen molar-refractivity contribution in [3.63, 3.8) is 0 Å². The summed E-state index contributed by atoms with van der Waals surface area (Å²) in [5.74, 6) is 0.600. The van der Waals surface area contributed by atoms with Gasteiger partial charge in [0.2, 0.25) is 0 Å². The molecule has 3 aromatic carbocycles. The topological polar surface area (TPSA) is 29.5 Å². The molecule has 2 aliphatic rings. The summed E-state index contributed by atoms with van der Waals surface area (Å²) in [5, 5.41) is 0.352. The number of hydrogen-bond acceptors (Lipinski definition) is 3. The second kappa shape index (κ2) is 7.84. The molecule has 0 aromatic heterocycles. The first kappa shape index (κ1) is 19.3. The average molecular weight is 416 g/mol. The number of piperidine rings is 1. The van der Waals surface area contributed by atoms with E-state index in [2.05, 4.69) is 67.2 Å². The lowest BCUT2D eigenvalue weighted by atomic mass is 9.84. The van der Waals surface area contributed by atoms with Gasteiger partial charge in [-0.1, -0.05) is 72.3 Å². The van der Waals surface area contributed by atoms with E-state index in [1.165, 1.54) is 22.3 Å². The highest BCUT2D eigenvalue weighted by Gasteiger charge is 2.47. The lowest BCUT2D eigenvalue weighted by molar-refractivity contribution is 0.135. The molecule has 2 heterocycles. The minimum absolute atomic E-state index is 0.0652.